The molecule has 0 aromatic heterocycles. The van der Waals surface area contributed by atoms with Gasteiger partial charge in [0.1, 0.15) is 11.5 Å². The van der Waals surface area contributed by atoms with Crippen molar-refractivity contribution in [2.45, 2.75) is 31.2 Å². The van der Waals surface area contributed by atoms with Crippen molar-refractivity contribution in [3.8, 4) is 11.5 Å². The van der Waals surface area contributed by atoms with Crippen molar-refractivity contribution in [1.82, 2.24) is 0 Å². The number of ether oxygens (including phenoxy) is 1. The van der Waals surface area contributed by atoms with E-state index in [1.807, 2.05) is 25.1 Å². The Morgan fingerprint density at radius 2 is 1.85 bits per heavy atom. The average Bonchev–Trinajstić information content (AvgIpc) is 2.42. The van der Waals surface area contributed by atoms with Gasteiger partial charge in [-0.1, -0.05) is 12.1 Å². The van der Waals surface area contributed by atoms with E-state index in [2.05, 4.69) is 37.4 Å². The number of hydrogen-bond acceptors (Lipinski definition) is 3. The third-order valence-electron chi connectivity index (χ3n) is 3.08. The van der Waals surface area contributed by atoms with Crippen molar-refractivity contribution in [2.24, 2.45) is 5.73 Å². The van der Waals surface area contributed by atoms with Crippen LogP contribution in [0.1, 0.15) is 18.1 Å². The lowest BCUT2D eigenvalue weighted by Crippen LogP contribution is -2.17. The van der Waals surface area contributed by atoms with Gasteiger partial charge in [-0.05, 0) is 68.0 Å². The van der Waals surface area contributed by atoms with E-state index in [4.69, 9.17) is 10.5 Å². The molecule has 2 aromatic rings. The largest absolute Gasteiger partial charge is 0.457 e. The van der Waals surface area contributed by atoms with Gasteiger partial charge in [0.25, 0.3) is 0 Å². The zero-order valence-corrected chi connectivity index (χ0v) is 13.0. The molecular formula is C17H21NOS. The molecule has 2 nitrogen and oxygen atoms in total. The summed E-state index contributed by atoms with van der Waals surface area (Å²) >= 11 is 1.73. The minimum atomic E-state index is 0.181. The van der Waals surface area contributed by atoms with Crippen LogP contribution in [0.15, 0.2) is 47.4 Å². The van der Waals surface area contributed by atoms with Crippen molar-refractivity contribution in [3.05, 3.63) is 53.6 Å². The first-order valence-electron chi connectivity index (χ1n) is 6.75. The Balaban J connectivity index is 2.12. The van der Waals surface area contributed by atoms with E-state index in [1.54, 1.807) is 11.8 Å². The molecule has 0 aliphatic carbocycles. The molecule has 0 radical (unpaired) electrons. The zero-order chi connectivity index (χ0) is 14.5. The minimum absolute atomic E-state index is 0.181. The van der Waals surface area contributed by atoms with Gasteiger partial charge in [-0.2, -0.15) is 0 Å². The van der Waals surface area contributed by atoms with Crippen LogP contribution in [0.25, 0.3) is 0 Å². The normalized spacial score (nSPS) is 12.2. The molecule has 0 fully saturated rings. The molecule has 20 heavy (non-hydrogen) atoms. The maximum absolute atomic E-state index is 5.93. The van der Waals surface area contributed by atoms with E-state index in [0.29, 0.717) is 0 Å². The van der Waals surface area contributed by atoms with Crippen LogP contribution >= 0.6 is 11.8 Å². The Hall–Kier alpha value is -1.45. The smallest absolute Gasteiger partial charge is 0.130 e. The van der Waals surface area contributed by atoms with E-state index in [1.165, 1.54) is 10.5 Å². The first-order chi connectivity index (χ1) is 9.58. The summed E-state index contributed by atoms with van der Waals surface area (Å²) in [5, 5.41) is 0. The Labute approximate surface area is 125 Å². The van der Waals surface area contributed by atoms with Gasteiger partial charge in [-0.3, -0.25) is 0 Å². The van der Waals surface area contributed by atoms with E-state index >= 15 is 0 Å². The molecule has 106 valence electrons. The number of aryl methyl sites for hydroxylation is 1. The number of hydrogen-bond donors (Lipinski definition) is 1. The van der Waals surface area contributed by atoms with Gasteiger partial charge in [0.15, 0.2) is 0 Å². The lowest BCUT2D eigenvalue weighted by Gasteiger charge is -2.12. The number of rotatable bonds is 5. The van der Waals surface area contributed by atoms with Crippen LogP contribution in [0.5, 0.6) is 11.5 Å². The maximum Gasteiger partial charge on any atom is 0.130 e. The van der Waals surface area contributed by atoms with Crippen LogP contribution < -0.4 is 10.5 Å². The van der Waals surface area contributed by atoms with Gasteiger partial charge in [-0.15, -0.1) is 11.8 Å². The van der Waals surface area contributed by atoms with Crippen LogP contribution in [0.3, 0.4) is 0 Å². The molecule has 2 rings (SSSR count). The molecule has 2 aromatic carbocycles. The fourth-order valence-corrected chi connectivity index (χ4v) is 2.50. The van der Waals surface area contributed by atoms with Gasteiger partial charge in [-0.25, -0.2) is 0 Å². The van der Waals surface area contributed by atoms with Crippen LogP contribution in [-0.2, 0) is 6.42 Å². The van der Waals surface area contributed by atoms with Gasteiger partial charge in [0, 0.05) is 10.9 Å². The van der Waals surface area contributed by atoms with Gasteiger partial charge >= 0.3 is 0 Å². The van der Waals surface area contributed by atoms with Crippen molar-refractivity contribution in [3.63, 3.8) is 0 Å². The third-order valence-corrected chi connectivity index (χ3v) is 3.83. The average molecular weight is 287 g/mol. The predicted molar refractivity (Wildman–Crippen MR) is 86.8 cm³/mol. The summed E-state index contributed by atoms with van der Waals surface area (Å²) in [5.41, 5.74) is 8.22. The van der Waals surface area contributed by atoms with E-state index in [9.17, 15) is 0 Å². The van der Waals surface area contributed by atoms with Gasteiger partial charge < -0.3 is 10.5 Å². The highest BCUT2D eigenvalue weighted by atomic mass is 32.2. The SMILES string of the molecule is CSc1ccc(Oc2ccc(CC(C)N)cc2C)cc1. The first kappa shape index (κ1) is 14.9. The van der Waals surface area contributed by atoms with Gasteiger partial charge in [0.2, 0.25) is 0 Å². The summed E-state index contributed by atoms with van der Waals surface area (Å²) in [7, 11) is 0. The molecule has 0 spiro atoms. The molecule has 0 bridgehead atoms. The fourth-order valence-electron chi connectivity index (χ4n) is 2.10. The Morgan fingerprint density at radius 3 is 2.40 bits per heavy atom. The second-order valence-electron chi connectivity index (χ2n) is 5.06. The molecule has 0 saturated heterocycles. The summed E-state index contributed by atoms with van der Waals surface area (Å²) in [4.78, 5) is 1.24. The Morgan fingerprint density at radius 1 is 1.15 bits per heavy atom. The number of benzene rings is 2. The standard InChI is InChI=1S/C17H21NOS/c1-12-10-14(11-13(2)18)4-9-17(12)19-15-5-7-16(20-3)8-6-15/h4-10,13H,11,18H2,1-3H3. The summed E-state index contributed by atoms with van der Waals surface area (Å²) < 4.78 is 5.93. The van der Waals surface area contributed by atoms with E-state index in [-0.39, 0.29) is 6.04 Å². The molecular weight excluding hydrogens is 266 g/mol. The summed E-state index contributed by atoms with van der Waals surface area (Å²) in [6.45, 7) is 4.09. The van der Waals surface area contributed by atoms with Crippen LogP contribution in [0, 0.1) is 6.92 Å². The molecule has 0 amide bonds. The second kappa shape index (κ2) is 6.82. The van der Waals surface area contributed by atoms with E-state index < -0.39 is 0 Å². The topological polar surface area (TPSA) is 35.2 Å². The van der Waals surface area contributed by atoms with Crippen molar-refractivity contribution in [1.29, 1.82) is 0 Å². The van der Waals surface area contributed by atoms with Crippen molar-refractivity contribution >= 4 is 11.8 Å². The van der Waals surface area contributed by atoms with Crippen LogP contribution in [0.2, 0.25) is 0 Å². The number of thioether (sulfide) groups is 1. The lowest BCUT2D eigenvalue weighted by molar-refractivity contribution is 0.478. The summed E-state index contributed by atoms with van der Waals surface area (Å²) in [5.74, 6) is 1.76. The predicted octanol–water partition coefficient (Wildman–Crippen LogP) is 4.40. The fraction of sp³-hybridized carbons (Fsp3) is 0.294. The maximum atomic E-state index is 5.93. The lowest BCUT2D eigenvalue weighted by atomic mass is 10.0. The molecule has 1 unspecified atom stereocenters. The molecule has 0 aliphatic rings. The highest BCUT2D eigenvalue weighted by molar-refractivity contribution is 7.98. The van der Waals surface area contributed by atoms with Gasteiger partial charge in [0.05, 0.1) is 0 Å². The zero-order valence-electron chi connectivity index (χ0n) is 12.2. The van der Waals surface area contributed by atoms with Crippen molar-refractivity contribution < 1.29 is 4.74 Å². The molecule has 3 heteroatoms. The number of nitrogens with two attached hydrogens (primary N) is 1. The summed E-state index contributed by atoms with van der Waals surface area (Å²) in [6, 6.07) is 14.6. The van der Waals surface area contributed by atoms with E-state index in [0.717, 1.165) is 23.5 Å². The summed E-state index contributed by atoms with van der Waals surface area (Å²) in [6.07, 6.45) is 2.96. The molecule has 0 aliphatic heterocycles. The van der Waals surface area contributed by atoms with Crippen LogP contribution in [-0.4, -0.2) is 12.3 Å². The highest BCUT2D eigenvalue weighted by Crippen LogP contribution is 2.27. The quantitative estimate of drug-likeness (QED) is 0.828. The highest BCUT2D eigenvalue weighted by Gasteiger charge is 2.04. The van der Waals surface area contributed by atoms with Crippen molar-refractivity contribution in [2.75, 3.05) is 6.26 Å². The third kappa shape index (κ3) is 4.02. The molecule has 0 saturated carbocycles. The van der Waals surface area contributed by atoms with Crippen LogP contribution in [0.4, 0.5) is 0 Å². The molecule has 0 heterocycles. The molecule has 2 N–H and O–H groups in total. The second-order valence-corrected chi connectivity index (χ2v) is 5.94. The monoisotopic (exact) mass is 287 g/mol. The molecule has 1 atom stereocenters. The Bertz CT molecular complexity index is 564. The first-order valence-corrected chi connectivity index (χ1v) is 7.98. The minimum Gasteiger partial charge on any atom is -0.457 e. The Kier molecular flexibility index (Phi) is 5.10.